The van der Waals surface area contributed by atoms with E-state index >= 15 is 0 Å². The van der Waals surface area contributed by atoms with E-state index in [4.69, 9.17) is 14.2 Å². The van der Waals surface area contributed by atoms with E-state index in [9.17, 15) is 9.59 Å². The molecule has 10 nitrogen and oxygen atoms in total. The number of cyclic esters (lactones) is 1. The quantitative estimate of drug-likeness (QED) is 0.344. The van der Waals surface area contributed by atoms with Crippen molar-refractivity contribution in [3.63, 3.8) is 0 Å². The van der Waals surface area contributed by atoms with E-state index in [1.54, 1.807) is 30.1 Å². The van der Waals surface area contributed by atoms with Gasteiger partial charge in [-0.1, -0.05) is 20.8 Å². The maximum absolute atomic E-state index is 13.5. The second kappa shape index (κ2) is 10.4. The second-order valence-corrected chi connectivity index (χ2v) is 8.88. The number of hydrogen-bond donors (Lipinski definition) is 1. The summed E-state index contributed by atoms with van der Waals surface area (Å²) in [6.45, 7) is 7.56. The Morgan fingerprint density at radius 3 is 2.66 bits per heavy atom. The molecule has 1 saturated heterocycles. The van der Waals surface area contributed by atoms with Crippen molar-refractivity contribution in [2.75, 3.05) is 32.2 Å². The number of esters is 1. The zero-order valence-corrected chi connectivity index (χ0v) is 20.5. The van der Waals surface area contributed by atoms with Gasteiger partial charge in [0.15, 0.2) is 11.5 Å². The SMILES string of the molecule is CCCOCCn1c(=O)c(NC2C(=O)OCC2(C)CC)nc2ncc(-c3ccc(OC)nc3)cc21. The summed E-state index contributed by atoms with van der Waals surface area (Å²) >= 11 is 0. The maximum Gasteiger partial charge on any atom is 0.329 e. The third-order valence-corrected chi connectivity index (χ3v) is 6.46. The average Bonchev–Trinajstić information content (AvgIpc) is 3.17. The molecule has 186 valence electrons. The highest BCUT2D eigenvalue weighted by atomic mass is 16.5. The predicted octanol–water partition coefficient (Wildman–Crippen LogP) is 3.04. The van der Waals surface area contributed by atoms with Crippen LogP contribution in [0.1, 0.15) is 33.6 Å². The molecule has 1 N–H and O–H groups in total. The number of carbonyl (C=O) groups is 1. The van der Waals surface area contributed by atoms with Gasteiger partial charge >= 0.3 is 5.97 Å². The molecule has 3 aromatic rings. The third-order valence-electron chi connectivity index (χ3n) is 6.46. The van der Waals surface area contributed by atoms with Crippen molar-refractivity contribution in [2.45, 2.75) is 46.2 Å². The highest BCUT2D eigenvalue weighted by Crippen LogP contribution is 2.34. The van der Waals surface area contributed by atoms with Gasteiger partial charge in [-0.2, -0.15) is 0 Å². The Kier molecular flexibility index (Phi) is 7.30. The van der Waals surface area contributed by atoms with Gasteiger partial charge < -0.3 is 19.5 Å². The molecule has 0 aliphatic carbocycles. The van der Waals surface area contributed by atoms with Crippen LogP contribution >= 0.6 is 0 Å². The van der Waals surface area contributed by atoms with Gasteiger partial charge in [0.05, 0.1) is 25.8 Å². The molecule has 4 rings (SSSR count). The van der Waals surface area contributed by atoms with Crippen LogP contribution in [-0.4, -0.2) is 58.5 Å². The fraction of sp³-hybridized carbons (Fsp3) is 0.480. The lowest BCUT2D eigenvalue weighted by molar-refractivity contribution is -0.138. The van der Waals surface area contributed by atoms with Crippen LogP contribution in [0.3, 0.4) is 0 Å². The van der Waals surface area contributed by atoms with Crippen LogP contribution in [0, 0.1) is 5.41 Å². The molecule has 0 radical (unpaired) electrons. The highest BCUT2D eigenvalue weighted by molar-refractivity contribution is 5.83. The lowest BCUT2D eigenvalue weighted by Crippen LogP contribution is -2.41. The second-order valence-electron chi connectivity index (χ2n) is 8.88. The topological polar surface area (TPSA) is 117 Å². The maximum atomic E-state index is 13.5. The molecule has 2 atom stereocenters. The third kappa shape index (κ3) is 4.97. The van der Waals surface area contributed by atoms with Gasteiger partial charge in [0.1, 0.15) is 6.04 Å². The molecule has 0 aromatic carbocycles. The molecule has 35 heavy (non-hydrogen) atoms. The number of rotatable bonds is 10. The fourth-order valence-electron chi connectivity index (χ4n) is 4.03. The van der Waals surface area contributed by atoms with Crippen molar-refractivity contribution < 1.29 is 19.0 Å². The largest absolute Gasteiger partial charge is 0.481 e. The van der Waals surface area contributed by atoms with Crippen LogP contribution in [-0.2, 0) is 20.8 Å². The lowest BCUT2D eigenvalue weighted by atomic mass is 9.82. The summed E-state index contributed by atoms with van der Waals surface area (Å²) in [6.07, 6.45) is 4.97. The molecule has 4 heterocycles. The molecule has 1 fully saturated rings. The van der Waals surface area contributed by atoms with Crippen LogP contribution in [0.2, 0.25) is 0 Å². The van der Waals surface area contributed by atoms with Gasteiger partial charge in [-0.05, 0) is 25.0 Å². The molecule has 10 heteroatoms. The van der Waals surface area contributed by atoms with Gasteiger partial charge in [0.2, 0.25) is 5.88 Å². The summed E-state index contributed by atoms with van der Waals surface area (Å²) in [7, 11) is 1.56. The van der Waals surface area contributed by atoms with Gasteiger partial charge in [0, 0.05) is 48.2 Å². The highest BCUT2D eigenvalue weighted by Gasteiger charge is 2.46. The minimum atomic E-state index is -0.667. The molecule has 0 bridgehead atoms. The van der Waals surface area contributed by atoms with Crippen molar-refractivity contribution in [2.24, 2.45) is 5.41 Å². The summed E-state index contributed by atoms with van der Waals surface area (Å²) in [5, 5.41) is 3.07. The molecule has 0 spiro atoms. The first kappa shape index (κ1) is 24.6. The van der Waals surface area contributed by atoms with Crippen molar-refractivity contribution >= 4 is 23.0 Å². The first-order valence-corrected chi connectivity index (χ1v) is 11.8. The summed E-state index contributed by atoms with van der Waals surface area (Å²) < 4.78 is 17.7. The standard InChI is InChI=1S/C25H31N5O5/c1-5-10-34-11-9-30-18-12-17(16-7-8-19(33-4)26-13-16)14-27-21(18)29-22(23(30)31)28-20-24(32)35-15-25(20,3)6-2/h7-8,12-14,20H,5-6,9-11,15H2,1-4H3,(H,27,28,29). The number of fused-ring (bicyclic) bond motifs is 1. The number of nitrogens with zero attached hydrogens (tertiary/aromatic N) is 4. The van der Waals surface area contributed by atoms with Crippen molar-refractivity contribution in [3.05, 3.63) is 40.9 Å². The predicted molar refractivity (Wildman–Crippen MR) is 131 cm³/mol. The summed E-state index contributed by atoms with van der Waals surface area (Å²) in [5.41, 5.74) is 1.79. The van der Waals surface area contributed by atoms with Gasteiger partial charge in [-0.15, -0.1) is 0 Å². The normalized spacial score (nSPS) is 19.7. The number of carbonyl (C=O) groups excluding carboxylic acids is 1. The number of methoxy groups -OCH3 is 1. The minimum Gasteiger partial charge on any atom is -0.481 e. The van der Waals surface area contributed by atoms with E-state index in [1.807, 2.05) is 32.9 Å². The first-order valence-electron chi connectivity index (χ1n) is 11.8. The number of nitrogens with one attached hydrogen (secondary N) is 1. The van der Waals surface area contributed by atoms with Gasteiger partial charge in [0.25, 0.3) is 5.56 Å². The van der Waals surface area contributed by atoms with Gasteiger partial charge in [-0.25, -0.2) is 19.7 Å². The smallest absolute Gasteiger partial charge is 0.329 e. The van der Waals surface area contributed by atoms with Crippen molar-refractivity contribution in [3.8, 4) is 17.0 Å². The number of pyridine rings is 2. The van der Waals surface area contributed by atoms with E-state index in [1.165, 1.54) is 0 Å². The first-order chi connectivity index (χ1) is 16.9. The summed E-state index contributed by atoms with van der Waals surface area (Å²) in [4.78, 5) is 39.3. The number of anilines is 1. The van der Waals surface area contributed by atoms with E-state index in [0.29, 0.717) is 49.8 Å². The van der Waals surface area contributed by atoms with Crippen LogP contribution in [0.25, 0.3) is 22.3 Å². The van der Waals surface area contributed by atoms with E-state index in [0.717, 1.165) is 17.5 Å². The number of aromatic nitrogens is 4. The Morgan fingerprint density at radius 2 is 1.97 bits per heavy atom. The van der Waals surface area contributed by atoms with Crippen LogP contribution < -0.4 is 15.6 Å². The van der Waals surface area contributed by atoms with Crippen molar-refractivity contribution in [1.29, 1.82) is 0 Å². The van der Waals surface area contributed by atoms with E-state index in [-0.39, 0.29) is 17.3 Å². The Morgan fingerprint density at radius 1 is 1.17 bits per heavy atom. The van der Waals surface area contributed by atoms with Crippen LogP contribution in [0.15, 0.2) is 35.4 Å². The molecule has 1 aliphatic heterocycles. The Bertz CT molecular complexity index is 1260. The van der Waals surface area contributed by atoms with Crippen LogP contribution in [0.4, 0.5) is 5.82 Å². The molecular weight excluding hydrogens is 450 g/mol. The lowest BCUT2D eigenvalue weighted by Gasteiger charge is -2.26. The van der Waals surface area contributed by atoms with E-state index < -0.39 is 11.5 Å². The molecular formula is C25H31N5O5. The molecule has 2 unspecified atom stereocenters. The van der Waals surface area contributed by atoms with Crippen LogP contribution in [0.5, 0.6) is 5.88 Å². The van der Waals surface area contributed by atoms with Crippen molar-refractivity contribution in [1.82, 2.24) is 19.5 Å². The fourth-order valence-corrected chi connectivity index (χ4v) is 4.03. The molecule has 1 aliphatic rings. The monoisotopic (exact) mass is 481 g/mol. The Balaban J connectivity index is 1.76. The molecule has 0 amide bonds. The number of hydrogen-bond acceptors (Lipinski definition) is 9. The van der Waals surface area contributed by atoms with Gasteiger partial charge in [-0.3, -0.25) is 9.36 Å². The van der Waals surface area contributed by atoms with E-state index in [2.05, 4.69) is 20.3 Å². The average molecular weight is 482 g/mol. The minimum absolute atomic E-state index is 0.0721. The summed E-state index contributed by atoms with van der Waals surface area (Å²) in [5.74, 6) is 0.195. The zero-order chi connectivity index (χ0) is 25.0. The molecule has 3 aromatic heterocycles. The Labute approximate surface area is 203 Å². The number of ether oxygens (including phenoxy) is 3. The summed E-state index contributed by atoms with van der Waals surface area (Å²) in [6, 6.07) is 4.84. The zero-order valence-electron chi connectivity index (χ0n) is 20.5. The Hall–Kier alpha value is -3.53. The molecule has 0 saturated carbocycles.